The number of hydrogen-bond donors (Lipinski definition) is 2. The lowest BCUT2D eigenvalue weighted by Crippen LogP contribution is -2.45. The Labute approximate surface area is 117 Å². The maximum Gasteiger partial charge on any atom is 0.124 e. The number of rotatable bonds is 2. The summed E-state index contributed by atoms with van der Waals surface area (Å²) in [5.41, 5.74) is 7.41. The number of benzene rings is 1. The number of amidine groups is 1. The molecule has 5 heteroatoms. The molecule has 2 rings (SSSR count). The molecular weight excluding hydrogens is 266 g/mol. The van der Waals surface area contributed by atoms with Crippen molar-refractivity contribution in [2.24, 2.45) is 5.73 Å². The zero-order chi connectivity index (χ0) is 13.3. The van der Waals surface area contributed by atoms with Gasteiger partial charge in [0.2, 0.25) is 0 Å². The fraction of sp³-hybridized carbons (Fsp3) is 0.462. The van der Waals surface area contributed by atoms with Gasteiger partial charge in [-0.25, -0.2) is 0 Å². The van der Waals surface area contributed by atoms with Gasteiger partial charge in [-0.2, -0.15) is 11.8 Å². The summed E-state index contributed by atoms with van der Waals surface area (Å²) in [7, 11) is 0. The highest BCUT2D eigenvalue weighted by Crippen LogP contribution is 2.32. The molecule has 0 aromatic heterocycles. The molecule has 3 N–H and O–H groups in total. The van der Waals surface area contributed by atoms with Crippen molar-refractivity contribution < 1.29 is 0 Å². The van der Waals surface area contributed by atoms with E-state index < -0.39 is 0 Å². The van der Waals surface area contributed by atoms with Gasteiger partial charge in [0, 0.05) is 39.9 Å². The Morgan fingerprint density at radius 1 is 1.50 bits per heavy atom. The van der Waals surface area contributed by atoms with Crippen molar-refractivity contribution in [2.75, 3.05) is 17.2 Å². The molecule has 1 aliphatic heterocycles. The van der Waals surface area contributed by atoms with E-state index in [9.17, 15) is 0 Å². The van der Waals surface area contributed by atoms with Crippen molar-refractivity contribution in [3.63, 3.8) is 0 Å². The van der Waals surface area contributed by atoms with Crippen molar-refractivity contribution >= 4 is 34.9 Å². The first-order chi connectivity index (χ1) is 8.50. The molecular formula is C13H18ClN3S. The fourth-order valence-electron chi connectivity index (χ4n) is 2.25. The maximum atomic E-state index is 7.69. The third-order valence-corrected chi connectivity index (χ3v) is 5.02. The number of anilines is 1. The van der Waals surface area contributed by atoms with Gasteiger partial charge in [0.05, 0.1) is 0 Å². The number of halogens is 1. The Morgan fingerprint density at radius 2 is 2.22 bits per heavy atom. The Balaban J connectivity index is 2.40. The van der Waals surface area contributed by atoms with E-state index in [4.69, 9.17) is 22.7 Å². The predicted molar refractivity (Wildman–Crippen MR) is 81.2 cm³/mol. The lowest BCUT2D eigenvalue weighted by atomic mass is 10.1. The summed E-state index contributed by atoms with van der Waals surface area (Å²) in [4.78, 5) is 2.33. The quantitative estimate of drug-likeness (QED) is 0.648. The molecule has 3 nitrogen and oxygen atoms in total. The highest BCUT2D eigenvalue weighted by Gasteiger charge is 2.27. The van der Waals surface area contributed by atoms with Crippen LogP contribution < -0.4 is 10.6 Å². The van der Waals surface area contributed by atoms with Crippen molar-refractivity contribution in [1.82, 2.24) is 0 Å². The van der Waals surface area contributed by atoms with Gasteiger partial charge in [0.1, 0.15) is 5.84 Å². The second-order valence-electron chi connectivity index (χ2n) is 4.59. The minimum atomic E-state index is 0.0746. The van der Waals surface area contributed by atoms with E-state index in [0.29, 0.717) is 16.3 Å². The lowest BCUT2D eigenvalue weighted by molar-refractivity contribution is 0.627. The Bertz CT molecular complexity index is 464. The van der Waals surface area contributed by atoms with Crippen molar-refractivity contribution in [2.45, 2.75) is 25.1 Å². The molecule has 1 fully saturated rings. The fourth-order valence-corrected chi connectivity index (χ4v) is 3.52. The zero-order valence-corrected chi connectivity index (χ0v) is 12.2. The normalized spacial score (nSPS) is 24.1. The standard InChI is InChI=1S/C13H18ClN3S/c1-8-9(2)18-6-5-17(8)12-4-3-10(14)7-11(12)13(15)16/h3-4,7-9H,5-6H2,1-2H3,(H3,15,16). The third-order valence-electron chi connectivity index (χ3n) is 3.44. The molecule has 0 saturated carbocycles. The molecule has 1 aromatic carbocycles. The molecule has 0 amide bonds. The molecule has 1 aromatic rings. The number of nitrogens with one attached hydrogen (secondary N) is 1. The van der Waals surface area contributed by atoms with Crippen LogP contribution in [0.4, 0.5) is 5.69 Å². The van der Waals surface area contributed by atoms with Crippen LogP contribution in [-0.4, -0.2) is 29.4 Å². The molecule has 1 heterocycles. The summed E-state index contributed by atoms with van der Waals surface area (Å²) < 4.78 is 0. The molecule has 0 aliphatic carbocycles. The van der Waals surface area contributed by atoms with Crippen LogP contribution in [0.25, 0.3) is 0 Å². The average Bonchev–Trinajstić information content (AvgIpc) is 2.33. The summed E-state index contributed by atoms with van der Waals surface area (Å²) in [6.07, 6.45) is 0. The zero-order valence-electron chi connectivity index (χ0n) is 10.6. The van der Waals surface area contributed by atoms with E-state index in [2.05, 4.69) is 18.7 Å². The minimum Gasteiger partial charge on any atom is -0.384 e. The molecule has 98 valence electrons. The molecule has 1 aliphatic rings. The minimum absolute atomic E-state index is 0.0746. The van der Waals surface area contributed by atoms with E-state index in [-0.39, 0.29) is 5.84 Å². The first-order valence-electron chi connectivity index (χ1n) is 6.03. The van der Waals surface area contributed by atoms with Crippen LogP contribution in [0.15, 0.2) is 18.2 Å². The largest absolute Gasteiger partial charge is 0.384 e. The number of hydrogen-bond acceptors (Lipinski definition) is 3. The number of nitrogen functional groups attached to an aromatic ring is 1. The smallest absolute Gasteiger partial charge is 0.124 e. The molecule has 1 saturated heterocycles. The van der Waals surface area contributed by atoms with Crippen molar-refractivity contribution in [1.29, 1.82) is 5.41 Å². The van der Waals surface area contributed by atoms with Gasteiger partial charge < -0.3 is 10.6 Å². The van der Waals surface area contributed by atoms with Crippen molar-refractivity contribution in [3.05, 3.63) is 28.8 Å². The molecule has 0 bridgehead atoms. The molecule has 0 spiro atoms. The summed E-state index contributed by atoms with van der Waals surface area (Å²) in [5, 5.41) is 8.89. The lowest BCUT2D eigenvalue weighted by Gasteiger charge is -2.40. The van der Waals surface area contributed by atoms with Gasteiger partial charge in [-0.3, -0.25) is 5.41 Å². The SMILES string of the molecule is CC1SCCN(c2ccc(Cl)cc2C(=N)N)C1C. The summed E-state index contributed by atoms with van der Waals surface area (Å²) in [6, 6.07) is 6.04. The van der Waals surface area contributed by atoms with Gasteiger partial charge in [-0.15, -0.1) is 0 Å². The average molecular weight is 284 g/mol. The maximum absolute atomic E-state index is 7.69. The summed E-state index contributed by atoms with van der Waals surface area (Å²) in [5.74, 6) is 1.18. The predicted octanol–water partition coefficient (Wildman–Crippen LogP) is 2.95. The summed E-state index contributed by atoms with van der Waals surface area (Å²) >= 11 is 7.98. The number of nitrogens with zero attached hydrogens (tertiary/aromatic N) is 1. The first-order valence-corrected chi connectivity index (χ1v) is 7.45. The Morgan fingerprint density at radius 3 is 2.89 bits per heavy atom. The summed E-state index contributed by atoms with van der Waals surface area (Å²) in [6.45, 7) is 5.44. The van der Waals surface area contributed by atoms with Gasteiger partial charge in [-0.05, 0) is 25.1 Å². The third kappa shape index (κ3) is 2.59. The van der Waals surface area contributed by atoms with E-state index in [1.807, 2.05) is 23.9 Å². The molecule has 18 heavy (non-hydrogen) atoms. The van der Waals surface area contributed by atoms with E-state index in [1.54, 1.807) is 6.07 Å². The van der Waals surface area contributed by atoms with Crippen LogP contribution in [0.2, 0.25) is 5.02 Å². The second kappa shape index (κ2) is 5.41. The second-order valence-corrected chi connectivity index (χ2v) is 6.51. The van der Waals surface area contributed by atoms with Crippen LogP contribution in [0.3, 0.4) is 0 Å². The topological polar surface area (TPSA) is 53.1 Å². The molecule has 2 atom stereocenters. The van der Waals surface area contributed by atoms with Crippen LogP contribution in [0.5, 0.6) is 0 Å². The Hall–Kier alpha value is -0.870. The van der Waals surface area contributed by atoms with Crippen LogP contribution in [0, 0.1) is 5.41 Å². The number of thioether (sulfide) groups is 1. The first kappa shape index (κ1) is 13.6. The molecule has 2 unspecified atom stereocenters. The van der Waals surface area contributed by atoms with Crippen LogP contribution in [0.1, 0.15) is 19.4 Å². The monoisotopic (exact) mass is 283 g/mol. The number of nitrogens with two attached hydrogens (primary N) is 1. The van der Waals surface area contributed by atoms with Gasteiger partial charge in [0.25, 0.3) is 0 Å². The van der Waals surface area contributed by atoms with Crippen LogP contribution in [-0.2, 0) is 0 Å². The highest BCUT2D eigenvalue weighted by atomic mass is 35.5. The van der Waals surface area contributed by atoms with Gasteiger partial charge in [-0.1, -0.05) is 18.5 Å². The highest BCUT2D eigenvalue weighted by molar-refractivity contribution is 8.00. The van der Waals surface area contributed by atoms with E-state index in [1.165, 1.54) is 0 Å². The van der Waals surface area contributed by atoms with Gasteiger partial charge >= 0.3 is 0 Å². The van der Waals surface area contributed by atoms with Crippen molar-refractivity contribution in [3.8, 4) is 0 Å². The molecule has 0 radical (unpaired) electrons. The van der Waals surface area contributed by atoms with E-state index in [0.717, 1.165) is 23.5 Å². The van der Waals surface area contributed by atoms with Gasteiger partial charge in [0.15, 0.2) is 0 Å². The van der Waals surface area contributed by atoms with Crippen LogP contribution >= 0.6 is 23.4 Å². The Kier molecular flexibility index (Phi) is 4.07. The van der Waals surface area contributed by atoms with E-state index >= 15 is 0 Å².